The van der Waals surface area contributed by atoms with Crippen molar-refractivity contribution in [1.29, 1.82) is 5.26 Å². The summed E-state index contributed by atoms with van der Waals surface area (Å²) in [6.07, 6.45) is 0.298. The van der Waals surface area contributed by atoms with Crippen LogP contribution in [0.2, 0.25) is 0 Å². The van der Waals surface area contributed by atoms with Gasteiger partial charge in [-0.05, 0) is 42.3 Å². The van der Waals surface area contributed by atoms with Crippen molar-refractivity contribution in [1.82, 2.24) is 5.32 Å². The third-order valence-corrected chi connectivity index (χ3v) is 4.94. The monoisotopic (exact) mass is 371 g/mol. The van der Waals surface area contributed by atoms with Gasteiger partial charge in [-0.2, -0.15) is 5.26 Å². The van der Waals surface area contributed by atoms with Gasteiger partial charge in [0.2, 0.25) is 5.91 Å². The quantitative estimate of drug-likeness (QED) is 0.647. The lowest BCUT2D eigenvalue weighted by Gasteiger charge is -2.28. The van der Waals surface area contributed by atoms with E-state index in [4.69, 9.17) is 5.26 Å². The number of amides is 1. The van der Waals surface area contributed by atoms with Crippen molar-refractivity contribution in [2.75, 3.05) is 11.4 Å². The Kier molecular flexibility index (Phi) is 6.41. The third kappa shape index (κ3) is 4.39. The summed E-state index contributed by atoms with van der Waals surface area (Å²) in [6, 6.07) is 25.8. The van der Waals surface area contributed by atoms with Gasteiger partial charge >= 0.3 is 0 Å². The first-order chi connectivity index (χ1) is 13.6. The predicted molar refractivity (Wildman–Crippen MR) is 114 cm³/mol. The van der Waals surface area contributed by atoms with Gasteiger partial charge in [-0.1, -0.05) is 60.7 Å². The number of benzene rings is 3. The molecule has 2 unspecified atom stereocenters. The fraction of sp³-hybridized carbons (Fsp3) is 0.250. The number of nitriles is 1. The van der Waals surface area contributed by atoms with Crippen LogP contribution in [0.15, 0.2) is 72.8 Å². The van der Waals surface area contributed by atoms with Crippen molar-refractivity contribution in [2.45, 2.75) is 32.4 Å². The summed E-state index contributed by atoms with van der Waals surface area (Å²) >= 11 is 0. The van der Waals surface area contributed by atoms with Crippen LogP contribution in [0.1, 0.15) is 31.9 Å². The number of anilines is 1. The second-order valence-corrected chi connectivity index (χ2v) is 6.91. The largest absolute Gasteiger partial charge is 0.310 e. The van der Waals surface area contributed by atoms with Crippen LogP contribution in [-0.4, -0.2) is 18.5 Å². The van der Waals surface area contributed by atoms with Crippen LogP contribution in [0.5, 0.6) is 0 Å². The molecule has 0 saturated carbocycles. The van der Waals surface area contributed by atoms with Crippen LogP contribution in [0.25, 0.3) is 10.8 Å². The molecule has 4 nitrogen and oxygen atoms in total. The summed E-state index contributed by atoms with van der Waals surface area (Å²) in [5, 5.41) is 14.8. The minimum atomic E-state index is -0.382. The van der Waals surface area contributed by atoms with E-state index in [9.17, 15) is 4.79 Å². The Morgan fingerprint density at radius 1 is 1.00 bits per heavy atom. The first-order valence-electron chi connectivity index (χ1n) is 9.59. The molecule has 0 radical (unpaired) electrons. The molecule has 3 rings (SSSR count). The minimum absolute atomic E-state index is 0.0126. The van der Waals surface area contributed by atoms with E-state index in [1.165, 1.54) is 16.3 Å². The van der Waals surface area contributed by atoms with Gasteiger partial charge in [-0.15, -0.1) is 0 Å². The number of carbonyl (C=O) groups excluding carboxylic acids is 1. The van der Waals surface area contributed by atoms with E-state index >= 15 is 0 Å². The van der Waals surface area contributed by atoms with Crippen molar-refractivity contribution < 1.29 is 4.79 Å². The molecule has 1 N–H and O–H groups in total. The molecule has 0 saturated heterocycles. The van der Waals surface area contributed by atoms with Gasteiger partial charge in [-0.25, -0.2) is 0 Å². The van der Waals surface area contributed by atoms with E-state index < -0.39 is 0 Å². The maximum absolute atomic E-state index is 13.1. The van der Waals surface area contributed by atoms with Gasteiger partial charge in [-0.3, -0.25) is 10.1 Å². The molecule has 2 atom stereocenters. The van der Waals surface area contributed by atoms with E-state index in [0.29, 0.717) is 13.0 Å². The molecule has 0 aliphatic heterocycles. The molecule has 4 heteroatoms. The van der Waals surface area contributed by atoms with E-state index in [0.717, 1.165) is 5.69 Å². The number of rotatable bonds is 7. The molecule has 0 aromatic heterocycles. The van der Waals surface area contributed by atoms with E-state index in [1.54, 1.807) is 4.90 Å². The molecule has 0 heterocycles. The summed E-state index contributed by atoms with van der Waals surface area (Å²) in [5.74, 6) is -0.0338. The molecule has 0 aliphatic rings. The number of hydrogen-bond acceptors (Lipinski definition) is 3. The zero-order valence-corrected chi connectivity index (χ0v) is 16.3. The van der Waals surface area contributed by atoms with Crippen molar-refractivity contribution in [2.24, 2.45) is 0 Å². The summed E-state index contributed by atoms with van der Waals surface area (Å²) in [7, 11) is 0. The number of para-hydroxylation sites is 1. The minimum Gasteiger partial charge on any atom is -0.310 e. The summed E-state index contributed by atoms with van der Waals surface area (Å²) < 4.78 is 0. The Bertz CT molecular complexity index is 973. The van der Waals surface area contributed by atoms with Gasteiger partial charge in [0.05, 0.1) is 18.5 Å². The van der Waals surface area contributed by atoms with Crippen molar-refractivity contribution in [3.05, 3.63) is 78.4 Å². The lowest BCUT2D eigenvalue weighted by atomic mass is 9.99. The van der Waals surface area contributed by atoms with Crippen molar-refractivity contribution >= 4 is 22.4 Å². The zero-order valence-electron chi connectivity index (χ0n) is 16.3. The highest BCUT2D eigenvalue weighted by Crippen LogP contribution is 2.25. The number of carbonyl (C=O) groups is 1. The number of fused-ring (bicyclic) bond motifs is 1. The summed E-state index contributed by atoms with van der Waals surface area (Å²) in [5.41, 5.74) is 1.98. The Balaban J connectivity index is 1.79. The van der Waals surface area contributed by atoms with Crippen LogP contribution >= 0.6 is 0 Å². The molecule has 0 spiro atoms. The fourth-order valence-corrected chi connectivity index (χ4v) is 3.53. The highest BCUT2D eigenvalue weighted by molar-refractivity contribution is 5.97. The molecular formula is C24H25N3O. The normalized spacial score (nSPS) is 12.9. The Morgan fingerprint density at radius 2 is 1.68 bits per heavy atom. The second kappa shape index (κ2) is 9.16. The number of nitrogens with one attached hydrogen (secondary N) is 1. The van der Waals surface area contributed by atoms with Crippen LogP contribution < -0.4 is 10.2 Å². The highest BCUT2D eigenvalue weighted by atomic mass is 16.2. The lowest BCUT2D eigenvalue weighted by Crippen LogP contribution is -2.46. The molecular weight excluding hydrogens is 346 g/mol. The topological polar surface area (TPSA) is 56.1 Å². The van der Waals surface area contributed by atoms with Crippen LogP contribution in [-0.2, 0) is 4.79 Å². The Hall–Kier alpha value is -3.16. The average molecular weight is 371 g/mol. The van der Waals surface area contributed by atoms with Gasteiger partial charge in [0.15, 0.2) is 0 Å². The molecule has 0 fully saturated rings. The highest BCUT2D eigenvalue weighted by Gasteiger charge is 2.23. The second-order valence-electron chi connectivity index (χ2n) is 6.91. The van der Waals surface area contributed by atoms with Crippen LogP contribution in [0, 0.1) is 11.3 Å². The summed E-state index contributed by atoms with van der Waals surface area (Å²) in [6.45, 7) is 4.34. The van der Waals surface area contributed by atoms with Gasteiger partial charge in [0.1, 0.15) is 0 Å². The molecule has 28 heavy (non-hydrogen) atoms. The zero-order chi connectivity index (χ0) is 19.9. The standard InChI is InChI=1S/C24H25N3O/c1-18(22-15-8-11-20-10-6-7-14-23(20)22)26-19(2)24(28)27(17-9-16-25)21-12-4-3-5-13-21/h3-8,10-15,18-19,26H,9,17H2,1-2H3. The van der Waals surface area contributed by atoms with Crippen LogP contribution in [0.4, 0.5) is 5.69 Å². The molecule has 1 amide bonds. The predicted octanol–water partition coefficient (Wildman–Crippen LogP) is 4.83. The van der Waals surface area contributed by atoms with E-state index in [-0.39, 0.29) is 18.0 Å². The molecule has 0 aliphatic carbocycles. The number of hydrogen-bond donors (Lipinski definition) is 1. The van der Waals surface area contributed by atoms with Crippen LogP contribution in [0.3, 0.4) is 0 Å². The first-order valence-corrected chi connectivity index (χ1v) is 9.59. The average Bonchev–Trinajstić information content (AvgIpc) is 2.74. The maximum atomic E-state index is 13.1. The lowest BCUT2D eigenvalue weighted by molar-refractivity contribution is -0.120. The number of nitrogens with zero attached hydrogens (tertiary/aromatic N) is 2. The van der Waals surface area contributed by atoms with Crippen molar-refractivity contribution in [3.63, 3.8) is 0 Å². The molecule has 3 aromatic rings. The molecule has 3 aromatic carbocycles. The molecule has 142 valence electrons. The third-order valence-electron chi connectivity index (χ3n) is 4.94. The molecule has 0 bridgehead atoms. The smallest absolute Gasteiger partial charge is 0.243 e. The van der Waals surface area contributed by atoms with Crippen molar-refractivity contribution in [3.8, 4) is 6.07 Å². The van der Waals surface area contributed by atoms with Gasteiger partial charge < -0.3 is 4.90 Å². The Labute approximate surface area is 166 Å². The SMILES string of the molecule is CC(NC(C)c1cccc2ccccc12)C(=O)N(CCC#N)c1ccccc1. The fourth-order valence-electron chi connectivity index (χ4n) is 3.53. The van der Waals surface area contributed by atoms with E-state index in [1.807, 2.05) is 55.5 Å². The Morgan fingerprint density at radius 3 is 2.43 bits per heavy atom. The maximum Gasteiger partial charge on any atom is 0.243 e. The van der Waals surface area contributed by atoms with Gasteiger partial charge in [0.25, 0.3) is 0 Å². The first kappa shape index (κ1) is 19.6. The summed E-state index contributed by atoms with van der Waals surface area (Å²) in [4.78, 5) is 14.8. The van der Waals surface area contributed by atoms with E-state index in [2.05, 4.69) is 42.6 Å². The van der Waals surface area contributed by atoms with Gasteiger partial charge in [0, 0.05) is 18.3 Å².